The van der Waals surface area contributed by atoms with Crippen LogP contribution in [0.15, 0.2) is 46.9 Å². The standard InChI is InChI=1S/C16H14BrFO/c1-2-11-5-3-4-6-14(11)16(19)10-12-9-13(17)7-8-15(12)18/h3-9H,2,10H2,1H3. The fourth-order valence-electron chi connectivity index (χ4n) is 2.05. The predicted molar refractivity (Wildman–Crippen MR) is 78.0 cm³/mol. The average Bonchev–Trinajstić information content (AvgIpc) is 2.42. The molecule has 0 aromatic heterocycles. The average molecular weight is 321 g/mol. The molecular weight excluding hydrogens is 307 g/mol. The molecule has 19 heavy (non-hydrogen) atoms. The van der Waals surface area contributed by atoms with Gasteiger partial charge in [0, 0.05) is 16.5 Å². The quantitative estimate of drug-likeness (QED) is 0.754. The molecule has 0 aliphatic heterocycles. The first kappa shape index (κ1) is 13.9. The Hall–Kier alpha value is -1.48. The Labute approximate surface area is 120 Å². The monoisotopic (exact) mass is 320 g/mol. The fourth-order valence-corrected chi connectivity index (χ4v) is 2.46. The molecule has 1 nitrogen and oxygen atoms in total. The van der Waals surface area contributed by atoms with Crippen molar-refractivity contribution in [2.75, 3.05) is 0 Å². The van der Waals surface area contributed by atoms with Gasteiger partial charge >= 0.3 is 0 Å². The molecule has 0 atom stereocenters. The summed E-state index contributed by atoms with van der Waals surface area (Å²) < 4.78 is 14.4. The number of benzene rings is 2. The van der Waals surface area contributed by atoms with Gasteiger partial charge in [0.2, 0.25) is 0 Å². The van der Waals surface area contributed by atoms with E-state index in [1.54, 1.807) is 18.2 Å². The van der Waals surface area contributed by atoms with Gasteiger partial charge < -0.3 is 0 Å². The van der Waals surface area contributed by atoms with Crippen LogP contribution < -0.4 is 0 Å². The summed E-state index contributed by atoms with van der Waals surface area (Å²) >= 11 is 3.29. The molecule has 0 saturated heterocycles. The van der Waals surface area contributed by atoms with E-state index in [1.165, 1.54) is 6.07 Å². The maximum atomic E-state index is 13.7. The topological polar surface area (TPSA) is 17.1 Å². The molecule has 98 valence electrons. The molecule has 3 heteroatoms. The maximum absolute atomic E-state index is 13.7. The second-order valence-electron chi connectivity index (χ2n) is 4.35. The van der Waals surface area contributed by atoms with Crippen LogP contribution in [-0.4, -0.2) is 5.78 Å². The van der Waals surface area contributed by atoms with Crippen molar-refractivity contribution < 1.29 is 9.18 Å². The van der Waals surface area contributed by atoms with Crippen LogP contribution in [0.3, 0.4) is 0 Å². The van der Waals surface area contributed by atoms with E-state index in [0.717, 1.165) is 16.5 Å². The molecule has 0 heterocycles. The van der Waals surface area contributed by atoms with E-state index >= 15 is 0 Å². The van der Waals surface area contributed by atoms with Crippen LogP contribution in [0.25, 0.3) is 0 Å². The molecule has 0 unspecified atom stereocenters. The lowest BCUT2D eigenvalue weighted by atomic mass is 9.97. The minimum Gasteiger partial charge on any atom is -0.294 e. The maximum Gasteiger partial charge on any atom is 0.167 e. The third-order valence-corrected chi connectivity index (χ3v) is 3.55. The van der Waals surface area contributed by atoms with Crippen LogP contribution in [-0.2, 0) is 12.8 Å². The highest BCUT2D eigenvalue weighted by Crippen LogP contribution is 2.19. The molecule has 0 saturated carbocycles. The Kier molecular flexibility index (Phi) is 4.48. The molecule has 0 fully saturated rings. The summed E-state index contributed by atoms with van der Waals surface area (Å²) in [5, 5.41) is 0. The van der Waals surface area contributed by atoms with E-state index in [-0.39, 0.29) is 18.0 Å². The van der Waals surface area contributed by atoms with E-state index in [4.69, 9.17) is 0 Å². The summed E-state index contributed by atoms with van der Waals surface area (Å²) in [5.41, 5.74) is 2.11. The zero-order valence-electron chi connectivity index (χ0n) is 10.6. The van der Waals surface area contributed by atoms with Gasteiger partial charge in [-0.3, -0.25) is 4.79 Å². The van der Waals surface area contributed by atoms with Crippen LogP contribution in [0.4, 0.5) is 4.39 Å². The highest BCUT2D eigenvalue weighted by molar-refractivity contribution is 9.10. The molecule has 0 amide bonds. The third-order valence-electron chi connectivity index (χ3n) is 3.06. The van der Waals surface area contributed by atoms with Gasteiger partial charge in [-0.2, -0.15) is 0 Å². The SMILES string of the molecule is CCc1ccccc1C(=O)Cc1cc(Br)ccc1F. The van der Waals surface area contributed by atoms with Crippen molar-refractivity contribution >= 4 is 21.7 Å². The van der Waals surface area contributed by atoms with Crippen LogP contribution in [0, 0.1) is 5.82 Å². The molecular formula is C16H14BrFO. The van der Waals surface area contributed by atoms with Gasteiger partial charge in [0.25, 0.3) is 0 Å². The van der Waals surface area contributed by atoms with Gasteiger partial charge in [-0.25, -0.2) is 4.39 Å². The minimum absolute atomic E-state index is 0.0468. The Bertz CT molecular complexity index is 607. The van der Waals surface area contributed by atoms with E-state index in [2.05, 4.69) is 15.9 Å². The molecule has 2 aromatic rings. The smallest absolute Gasteiger partial charge is 0.167 e. The number of Topliss-reactive ketones (excluding diaryl/α,β-unsaturated/α-hetero) is 1. The van der Waals surface area contributed by atoms with E-state index in [0.29, 0.717) is 11.1 Å². The second kappa shape index (κ2) is 6.11. The van der Waals surface area contributed by atoms with Crippen LogP contribution >= 0.6 is 15.9 Å². The normalized spacial score (nSPS) is 10.5. The number of rotatable bonds is 4. The summed E-state index contributed by atoms with van der Waals surface area (Å²) in [7, 11) is 0. The molecule has 2 aromatic carbocycles. The zero-order valence-corrected chi connectivity index (χ0v) is 12.2. The molecule has 0 aliphatic rings. The van der Waals surface area contributed by atoms with Crippen molar-refractivity contribution in [2.24, 2.45) is 0 Å². The number of halogens is 2. The first-order chi connectivity index (χ1) is 9.11. The van der Waals surface area contributed by atoms with Crippen molar-refractivity contribution in [2.45, 2.75) is 19.8 Å². The van der Waals surface area contributed by atoms with Gasteiger partial charge in [0.15, 0.2) is 5.78 Å². The minimum atomic E-state index is -0.342. The van der Waals surface area contributed by atoms with Gasteiger partial charge in [0.1, 0.15) is 5.82 Å². The first-order valence-corrected chi connectivity index (χ1v) is 6.96. The van der Waals surface area contributed by atoms with Crippen molar-refractivity contribution in [3.8, 4) is 0 Å². The number of carbonyl (C=O) groups is 1. The number of hydrogen-bond acceptors (Lipinski definition) is 1. The van der Waals surface area contributed by atoms with E-state index in [1.807, 2.05) is 25.1 Å². The highest BCUT2D eigenvalue weighted by atomic mass is 79.9. The summed E-state index contributed by atoms with van der Waals surface area (Å²) in [5.74, 6) is -0.389. The van der Waals surface area contributed by atoms with Crippen LogP contribution in [0.2, 0.25) is 0 Å². The van der Waals surface area contributed by atoms with Gasteiger partial charge in [-0.05, 0) is 35.7 Å². The molecule has 0 radical (unpaired) electrons. The van der Waals surface area contributed by atoms with Crippen molar-refractivity contribution in [1.82, 2.24) is 0 Å². The number of ketones is 1. The van der Waals surface area contributed by atoms with Crippen molar-refractivity contribution in [3.05, 3.63) is 69.4 Å². The Balaban J connectivity index is 2.28. The zero-order chi connectivity index (χ0) is 13.8. The van der Waals surface area contributed by atoms with Gasteiger partial charge in [-0.1, -0.05) is 47.1 Å². The molecule has 0 spiro atoms. The summed E-state index contributed by atoms with van der Waals surface area (Å²) in [6.45, 7) is 2.01. The Morgan fingerprint density at radius 3 is 2.63 bits per heavy atom. The first-order valence-electron chi connectivity index (χ1n) is 6.17. The number of hydrogen-bond donors (Lipinski definition) is 0. The fraction of sp³-hybridized carbons (Fsp3) is 0.188. The van der Waals surface area contributed by atoms with Gasteiger partial charge in [0.05, 0.1) is 0 Å². The Morgan fingerprint density at radius 2 is 1.89 bits per heavy atom. The lowest BCUT2D eigenvalue weighted by Gasteiger charge is -2.07. The largest absolute Gasteiger partial charge is 0.294 e. The number of carbonyl (C=O) groups excluding carboxylic acids is 1. The van der Waals surface area contributed by atoms with Gasteiger partial charge in [-0.15, -0.1) is 0 Å². The summed E-state index contributed by atoms with van der Waals surface area (Å²) in [6, 6.07) is 12.1. The van der Waals surface area contributed by atoms with Crippen molar-refractivity contribution in [1.29, 1.82) is 0 Å². The summed E-state index contributed by atoms with van der Waals surface area (Å²) in [6.07, 6.45) is 0.880. The van der Waals surface area contributed by atoms with Crippen LogP contribution in [0.5, 0.6) is 0 Å². The molecule has 0 aliphatic carbocycles. The number of aryl methyl sites for hydroxylation is 1. The Morgan fingerprint density at radius 1 is 1.16 bits per heavy atom. The summed E-state index contributed by atoms with van der Waals surface area (Å²) in [4.78, 5) is 12.3. The van der Waals surface area contributed by atoms with Crippen LogP contribution in [0.1, 0.15) is 28.4 Å². The lowest BCUT2D eigenvalue weighted by Crippen LogP contribution is -2.08. The predicted octanol–water partition coefficient (Wildman–Crippen LogP) is 4.58. The van der Waals surface area contributed by atoms with E-state index < -0.39 is 0 Å². The molecule has 2 rings (SSSR count). The lowest BCUT2D eigenvalue weighted by molar-refractivity contribution is 0.0991. The molecule has 0 N–H and O–H groups in total. The van der Waals surface area contributed by atoms with E-state index in [9.17, 15) is 9.18 Å². The van der Waals surface area contributed by atoms with Crippen molar-refractivity contribution in [3.63, 3.8) is 0 Å². The third kappa shape index (κ3) is 3.29. The highest BCUT2D eigenvalue weighted by Gasteiger charge is 2.13. The second-order valence-corrected chi connectivity index (χ2v) is 5.26. The molecule has 0 bridgehead atoms.